The summed E-state index contributed by atoms with van der Waals surface area (Å²) in [5, 5.41) is 4.14. The first-order chi connectivity index (χ1) is 10.0. The molecule has 1 N–H and O–H groups in total. The molecule has 118 valence electrons. The van der Waals surface area contributed by atoms with Gasteiger partial charge >= 0.3 is 0 Å². The Morgan fingerprint density at radius 3 is 2.57 bits per heavy atom. The maximum Gasteiger partial charge on any atom is 0.147 e. The summed E-state index contributed by atoms with van der Waals surface area (Å²) >= 11 is 6.46. The van der Waals surface area contributed by atoms with Gasteiger partial charge in [0.05, 0.1) is 5.02 Å². The largest absolute Gasteiger partial charge is 0.352 e. The SMILES string of the molecule is CCCNCc1cnc(N2CC(C)N(C)C(C)C2)c(Cl)c1. The number of likely N-dealkylation sites (N-methyl/N-ethyl adjacent to an activating group) is 1. The first-order valence-corrected chi connectivity index (χ1v) is 8.22. The third-order valence-electron chi connectivity index (χ3n) is 4.29. The summed E-state index contributed by atoms with van der Waals surface area (Å²) in [6.45, 7) is 10.5. The van der Waals surface area contributed by atoms with E-state index >= 15 is 0 Å². The van der Waals surface area contributed by atoms with Crippen molar-refractivity contribution < 1.29 is 0 Å². The number of halogens is 1. The Hall–Kier alpha value is -0.840. The number of hydrogen-bond acceptors (Lipinski definition) is 4. The Kier molecular flexibility index (Phi) is 5.85. The molecule has 0 aliphatic carbocycles. The van der Waals surface area contributed by atoms with E-state index in [9.17, 15) is 0 Å². The fourth-order valence-electron chi connectivity index (χ4n) is 2.79. The number of rotatable bonds is 5. The first kappa shape index (κ1) is 16.5. The van der Waals surface area contributed by atoms with E-state index < -0.39 is 0 Å². The van der Waals surface area contributed by atoms with Crippen molar-refractivity contribution in [1.29, 1.82) is 0 Å². The quantitative estimate of drug-likeness (QED) is 0.847. The summed E-state index contributed by atoms with van der Waals surface area (Å²) in [6, 6.07) is 3.07. The lowest BCUT2D eigenvalue weighted by atomic mass is 10.1. The molecule has 0 saturated carbocycles. The molecule has 1 saturated heterocycles. The maximum atomic E-state index is 6.46. The Labute approximate surface area is 133 Å². The number of pyridine rings is 1. The Bertz CT molecular complexity index is 454. The number of piperazine rings is 1. The van der Waals surface area contributed by atoms with Gasteiger partial charge in [-0.1, -0.05) is 18.5 Å². The van der Waals surface area contributed by atoms with E-state index in [0.29, 0.717) is 12.1 Å². The molecule has 0 aromatic carbocycles. The average molecular weight is 311 g/mol. The molecular formula is C16H27ClN4. The van der Waals surface area contributed by atoms with Crippen molar-refractivity contribution >= 4 is 17.4 Å². The highest BCUT2D eigenvalue weighted by atomic mass is 35.5. The van der Waals surface area contributed by atoms with E-state index in [0.717, 1.165) is 49.0 Å². The number of aromatic nitrogens is 1. The molecule has 1 aliphatic heterocycles. The van der Waals surface area contributed by atoms with Crippen molar-refractivity contribution in [3.63, 3.8) is 0 Å². The predicted molar refractivity (Wildman–Crippen MR) is 90.1 cm³/mol. The van der Waals surface area contributed by atoms with Gasteiger partial charge in [0.2, 0.25) is 0 Å². The Morgan fingerprint density at radius 2 is 2.00 bits per heavy atom. The summed E-state index contributed by atoms with van der Waals surface area (Å²) in [7, 11) is 2.18. The molecular weight excluding hydrogens is 284 g/mol. The Morgan fingerprint density at radius 1 is 1.33 bits per heavy atom. The summed E-state index contributed by atoms with van der Waals surface area (Å²) in [4.78, 5) is 9.33. The zero-order valence-corrected chi connectivity index (χ0v) is 14.3. The second kappa shape index (κ2) is 7.43. The van der Waals surface area contributed by atoms with Crippen molar-refractivity contribution in [3.05, 3.63) is 22.8 Å². The Balaban J connectivity index is 2.06. The van der Waals surface area contributed by atoms with Crippen LogP contribution in [0.3, 0.4) is 0 Å². The van der Waals surface area contributed by atoms with E-state index in [1.54, 1.807) is 0 Å². The van der Waals surface area contributed by atoms with Crippen LogP contribution in [0.1, 0.15) is 32.8 Å². The second-order valence-electron chi connectivity index (χ2n) is 6.09. The molecule has 2 atom stereocenters. The molecule has 2 rings (SSSR count). The van der Waals surface area contributed by atoms with Crippen LogP contribution in [0.2, 0.25) is 5.02 Å². The van der Waals surface area contributed by atoms with Crippen molar-refractivity contribution in [2.45, 2.75) is 45.8 Å². The topological polar surface area (TPSA) is 31.4 Å². The summed E-state index contributed by atoms with van der Waals surface area (Å²) in [6.07, 6.45) is 3.08. The molecule has 0 spiro atoms. The molecule has 1 fully saturated rings. The van der Waals surface area contributed by atoms with E-state index in [-0.39, 0.29) is 0 Å². The maximum absolute atomic E-state index is 6.46. The lowest BCUT2D eigenvalue weighted by molar-refractivity contribution is 0.169. The molecule has 0 amide bonds. The van der Waals surface area contributed by atoms with Gasteiger partial charge in [-0.05, 0) is 45.5 Å². The number of hydrogen-bond donors (Lipinski definition) is 1. The van der Waals surface area contributed by atoms with Crippen LogP contribution in [0.25, 0.3) is 0 Å². The molecule has 1 aromatic rings. The molecule has 0 radical (unpaired) electrons. The molecule has 2 unspecified atom stereocenters. The van der Waals surface area contributed by atoms with Crippen molar-refractivity contribution in [3.8, 4) is 0 Å². The van der Waals surface area contributed by atoms with Gasteiger partial charge in [0, 0.05) is 37.9 Å². The van der Waals surface area contributed by atoms with E-state index in [1.807, 2.05) is 12.3 Å². The second-order valence-corrected chi connectivity index (χ2v) is 6.50. The minimum Gasteiger partial charge on any atom is -0.352 e. The third-order valence-corrected chi connectivity index (χ3v) is 4.57. The van der Waals surface area contributed by atoms with E-state index in [2.05, 4.69) is 47.9 Å². The average Bonchev–Trinajstić information content (AvgIpc) is 2.45. The van der Waals surface area contributed by atoms with Crippen LogP contribution in [0.4, 0.5) is 5.82 Å². The highest BCUT2D eigenvalue weighted by molar-refractivity contribution is 6.33. The first-order valence-electron chi connectivity index (χ1n) is 7.85. The highest BCUT2D eigenvalue weighted by Gasteiger charge is 2.28. The number of nitrogens with zero attached hydrogens (tertiary/aromatic N) is 3. The standard InChI is InChI=1S/C16H27ClN4/c1-5-6-18-8-14-7-15(17)16(19-9-14)21-10-12(2)20(4)13(3)11-21/h7,9,12-13,18H,5-6,8,10-11H2,1-4H3. The normalized spacial score (nSPS) is 23.6. The summed E-state index contributed by atoms with van der Waals surface area (Å²) < 4.78 is 0. The van der Waals surface area contributed by atoms with Gasteiger partial charge in [-0.3, -0.25) is 4.90 Å². The van der Waals surface area contributed by atoms with E-state index in [1.165, 1.54) is 0 Å². The lowest BCUT2D eigenvalue weighted by Gasteiger charge is -2.43. The van der Waals surface area contributed by atoms with Crippen LogP contribution in [0.5, 0.6) is 0 Å². The van der Waals surface area contributed by atoms with Crippen molar-refractivity contribution in [1.82, 2.24) is 15.2 Å². The fraction of sp³-hybridized carbons (Fsp3) is 0.688. The van der Waals surface area contributed by atoms with E-state index in [4.69, 9.17) is 11.6 Å². The molecule has 0 bridgehead atoms. The monoisotopic (exact) mass is 310 g/mol. The molecule has 1 aliphatic rings. The van der Waals surface area contributed by atoms with Gasteiger partial charge in [0.25, 0.3) is 0 Å². The molecule has 21 heavy (non-hydrogen) atoms. The zero-order valence-electron chi connectivity index (χ0n) is 13.6. The fourth-order valence-corrected chi connectivity index (χ4v) is 3.10. The van der Waals surface area contributed by atoms with Crippen LogP contribution >= 0.6 is 11.6 Å². The van der Waals surface area contributed by atoms with Crippen LogP contribution in [-0.4, -0.2) is 48.6 Å². The summed E-state index contributed by atoms with van der Waals surface area (Å²) in [5.74, 6) is 0.919. The third kappa shape index (κ3) is 4.09. The number of nitrogens with one attached hydrogen (secondary N) is 1. The lowest BCUT2D eigenvalue weighted by Crippen LogP contribution is -2.55. The smallest absolute Gasteiger partial charge is 0.147 e. The molecule has 1 aromatic heterocycles. The van der Waals surface area contributed by atoms with Crippen molar-refractivity contribution in [2.75, 3.05) is 31.6 Å². The van der Waals surface area contributed by atoms with Gasteiger partial charge in [-0.15, -0.1) is 0 Å². The summed E-state index contributed by atoms with van der Waals surface area (Å²) in [5.41, 5.74) is 1.15. The molecule has 5 heteroatoms. The minimum absolute atomic E-state index is 0.512. The molecule has 4 nitrogen and oxygen atoms in total. The van der Waals surface area contributed by atoms with Gasteiger partial charge in [0.15, 0.2) is 0 Å². The van der Waals surface area contributed by atoms with Gasteiger partial charge in [-0.2, -0.15) is 0 Å². The highest BCUT2D eigenvalue weighted by Crippen LogP contribution is 2.27. The zero-order chi connectivity index (χ0) is 15.4. The van der Waals surface area contributed by atoms with Crippen LogP contribution < -0.4 is 10.2 Å². The van der Waals surface area contributed by atoms with Gasteiger partial charge < -0.3 is 10.2 Å². The molecule has 2 heterocycles. The van der Waals surface area contributed by atoms with Gasteiger partial charge in [0.1, 0.15) is 5.82 Å². The van der Waals surface area contributed by atoms with Crippen molar-refractivity contribution in [2.24, 2.45) is 0 Å². The number of anilines is 1. The van der Waals surface area contributed by atoms with Gasteiger partial charge in [-0.25, -0.2) is 4.98 Å². The van der Waals surface area contributed by atoms with Crippen LogP contribution in [0.15, 0.2) is 12.3 Å². The minimum atomic E-state index is 0.512. The van der Waals surface area contributed by atoms with Crippen LogP contribution in [0, 0.1) is 0 Å². The predicted octanol–water partition coefficient (Wildman–Crippen LogP) is 2.76. The van der Waals surface area contributed by atoms with Crippen LogP contribution in [-0.2, 0) is 6.54 Å².